The molecule has 0 saturated heterocycles. The van der Waals surface area contributed by atoms with Crippen molar-refractivity contribution in [3.63, 3.8) is 0 Å². The predicted octanol–water partition coefficient (Wildman–Crippen LogP) is 1.19. The smallest absolute Gasteiger partial charge is 0.269 e. The van der Waals surface area contributed by atoms with Crippen LogP contribution >= 0.6 is 0 Å². The summed E-state index contributed by atoms with van der Waals surface area (Å²) in [6.07, 6.45) is 3.12. The summed E-state index contributed by atoms with van der Waals surface area (Å²) in [7, 11) is -4.04. The van der Waals surface area contributed by atoms with Gasteiger partial charge >= 0.3 is 0 Å². The molecule has 124 valence electrons. The lowest BCUT2D eigenvalue weighted by Crippen LogP contribution is -2.32. The zero-order chi connectivity index (χ0) is 16.8. The molecule has 0 radical (unpaired) electrons. The van der Waals surface area contributed by atoms with E-state index in [0.717, 1.165) is 18.7 Å². The van der Waals surface area contributed by atoms with Crippen molar-refractivity contribution in [3.05, 3.63) is 28.9 Å². The topological polar surface area (TPSA) is 107 Å². The molecule has 2 aromatic rings. The SMILES string of the molecule is Cc1noc(C)c1S(=O)(=O)NC(=O)c1cnn2c1CC(C)CC2. The number of hydrogen-bond donors (Lipinski definition) is 1. The number of aromatic nitrogens is 3. The summed E-state index contributed by atoms with van der Waals surface area (Å²) < 4.78 is 33.5. The minimum atomic E-state index is -4.04. The van der Waals surface area contributed by atoms with Gasteiger partial charge in [-0.1, -0.05) is 12.1 Å². The highest BCUT2D eigenvalue weighted by Crippen LogP contribution is 2.23. The van der Waals surface area contributed by atoms with E-state index in [1.165, 1.54) is 20.0 Å². The minimum absolute atomic E-state index is 0.0970. The summed E-state index contributed by atoms with van der Waals surface area (Å²) in [5.74, 6) is -0.0984. The van der Waals surface area contributed by atoms with Crippen LogP contribution in [0.5, 0.6) is 0 Å². The van der Waals surface area contributed by atoms with Crippen molar-refractivity contribution in [2.75, 3.05) is 0 Å². The highest BCUT2D eigenvalue weighted by molar-refractivity contribution is 7.90. The second-order valence-electron chi connectivity index (χ2n) is 5.91. The van der Waals surface area contributed by atoms with Crippen molar-refractivity contribution in [1.29, 1.82) is 0 Å². The normalized spacial score (nSPS) is 17.8. The van der Waals surface area contributed by atoms with Gasteiger partial charge in [-0.25, -0.2) is 13.1 Å². The van der Waals surface area contributed by atoms with E-state index >= 15 is 0 Å². The maximum atomic E-state index is 12.4. The fraction of sp³-hybridized carbons (Fsp3) is 0.500. The number of nitrogens with one attached hydrogen (secondary N) is 1. The molecular formula is C14H18N4O4S. The van der Waals surface area contributed by atoms with Gasteiger partial charge in [-0.2, -0.15) is 5.10 Å². The van der Waals surface area contributed by atoms with Crippen LogP contribution in [0.4, 0.5) is 0 Å². The average molecular weight is 338 g/mol. The Morgan fingerprint density at radius 3 is 2.83 bits per heavy atom. The van der Waals surface area contributed by atoms with E-state index in [9.17, 15) is 13.2 Å². The van der Waals surface area contributed by atoms with Crippen LogP contribution in [0, 0.1) is 19.8 Å². The number of rotatable bonds is 3. The number of carbonyl (C=O) groups excluding carboxylic acids is 1. The molecule has 1 unspecified atom stereocenters. The number of sulfonamides is 1. The molecule has 8 nitrogen and oxygen atoms in total. The largest absolute Gasteiger partial charge is 0.360 e. The van der Waals surface area contributed by atoms with Crippen LogP contribution in [0.15, 0.2) is 15.6 Å². The molecule has 0 fully saturated rings. The lowest BCUT2D eigenvalue weighted by Gasteiger charge is -2.20. The monoisotopic (exact) mass is 338 g/mol. The molecular weight excluding hydrogens is 320 g/mol. The first-order valence-electron chi connectivity index (χ1n) is 7.34. The highest BCUT2D eigenvalue weighted by Gasteiger charge is 2.29. The maximum absolute atomic E-state index is 12.4. The van der Waals surface area contributed by atoms with Crippen molar-refractivity contribution >= 4 is 15.9 Å². The Labute approximate surface area is 133 Å². The second kappa shape index (κ2) is 5.48. The molecule has 1 aliphatic heterocycles. The molecule has 3 rings (SSSR count). The van der Waals surface area contributed by atoms with Crippen LogP contribution in [-0.2, 0) is 23.0 Å². The number of nitrogens with zero attached hydrogens (tertiary/aromatic N) is 3. The number of carbonyl (C=O) groups is 1. The van der Waals surface area contributed by atoms with E-state index in [1.807, 2.05) is 0 Å². The van der Waals surface area contributed by atoms with E-state index in [2.05, 4.69) is 21.9 Å². The Balaban J connectivity index is 1.90. The third-order valence-corrected chi connectivity index (χ3v) is 5.61. The van der Waals surface area contributed by atoms with Gasteiger partial charge in [0.2, 0.25) is 0 Å². The first-order chi connectivity index (χ1) is 10.8. The Bertz CT molecular complexity index is 846. The zero-order valence-corrected chi connectivity index (χ0v) is 14.0. The number of hydrogen-bond acceptors (Lipinski definition) is 6. The van der Waals surface area contributed by atoms with E-state index in [1.54, 1.807) is 4.68 Å². The minimum Gasteiger partial charge on any atom is -0.360 e. The van der Waals surface area contributed by atoms with Gasteiger partial charge in [0.15, 0.2) is 10.7 Å². The first-order valence-corrected chi connectivity index (χ1v) is 8.82. The van der Waals surface area contributed by atoms with Gasteiger partial charge in [0.25, 0.3) is 15.9 Å². The molecule has 0 saturated carbocycles. The second-order valence-corrected chi connectivity index (χ2v) is 7.53. The number of fused-ring (bicyclic) bond motifs is 1. The third-order valence-electron chi connectivity index (χ3n) is 4.03. The Hall–Kier alpha value is -2.16. The molecule has 1 aliphatic rings. The third kappa shape index (κ3) is 2.76. The van der Waals surface area contributed by atoms with Crippen molar-refractivity contribution < 1.29 is 17.7 Å². The van der Waals surface area contributed by atoms with Gasteiger partial charge in [0, 0.05) is 6.54 Å². The molecule has 9 heteroatoms. The van der Waals surface area contributed by atoms with Gasteiger partial charge in [-0.3, -0.25) is 9.48 Å². The van der Waals surface area contributed by atoms with Gasteiger partial charge in [0.05, 0.1) is 17.5 Å². The summed E-state index contributed by atoms with van der Waals surface area (Å²) in [6.45, 7) is 5.83. The summed E-state index contributed by atoms with van der Waals surface area (Å²) >= 11 is 0. The molecule has 0 aromatic carbocycles. The lowest BCUT2D eigenvalue weighted by molar-refractivity contribution is 0.0979. The van der Waals surface area contributed by atoms with Crippen LogP contribution in [0.25, 0.3) is 0 Å². The van der Waals surface area contributed by atoms with Gasteiger partial charge in [0.1, 0.15) is 5.69 Å². The van der Waals surface area contributed by atoms with Crippen LogP contribution in [0.1, 0.15) is 40.9 Å². The Morgan fingerprint density at radius 1 is 1.43 bits per heavy atom. The first kappa shape index (κ1) is 15.7. The van der Waals surface area contributed by atoms with Crippen LogP contribution in [-0.4, -0.2) is 29.3 Å². The van der Waals surface area contributed by atoms with Gasteiger partial charge in [-0.05, 0) is 32.6 Å². The van der Waals surface area contributed by atoms with E-state index in [4.69, 9.17) is 4.52 Å². The Morgan fingerprint density at radius 2 is 2.17 bits per heavy atom. The summed E-state index contributed by atoms with van der Waals surface area (Å²) in [4.78, 5) is 12.3. The molecule has 3 heterocycles. The average Bonchev–Trinajstić information content (AvgIpc) is 3.01. The van der Waals surface area contributed by atoms with Crippen LogP contribution < -0.4 is 4.72 Å². The van der Waals surface area contributed by atoms with Crippen molar-refractivity contribution in [2.24, 2.45) is 5.92 Å². The van der Waals surface area contributed by atoms with Crippen LogP contribution in [0.3, 0.4) is 0 Å². The van der Waals surface area contributed by atoms with E-state index < -0.39 is 15.9 Å². The maximum Gasteiger partial charge on any atom is 0.269 e. The van der Waals surface area contributed by atoms with Crippen molar-refractivity contribution in [1.82, 2.24) is 19.7 Å². The van der Waals surface area contributed by atoms with E-state index in [0.29, 0.717) is 17.9 Å². The van der Waals surface area contributed by atoms with Gasteiger partial charge < -0.3 is 4.52 Å². The molecule has 2 aromatic heterocycles. The molecule has 0 aliphatic carbocycles. The van der Waals surface area contributed by atoms with Crippen molar-refractivity contribution in [2.45, 2.75) is 45.1 Å². The molecule has 23 heavy (non-hydrogen) atoms. The molecule has 1 N–H and O–H groups in total. The summed E-state index contributed by atoms with van der Waals surface area (Å²) in [5.41, 5.74) is 1.29. The fourth-order valence-corrected chi connectivity index (χ4v) is 4.17. The summed E-state index contributed by atoms with van der Waals surface area (Å²) in [6, 6.07) is 0. The Kier molecular flexibility index (Phi) is 3.75. The summed E-state index contributed by atoms with van der Waals surface area (Å²) in [5, 5.41) is 7.78. The molecule has 1 amide bonds. The zero-order valence-electron chi connectivity index (χ0n) is 13.2. The van der Waals surface area contributed by atoms with Crippen molar-refractivity contribution in [3.8, 4) is 0 Å². The van der Waals surface area contributed by atoms with Crippen LogP contribution in [0.2, 0.25) is 0 Å². The lowest BCUT2D eigenvalue weighted by atomic mass is 9.96. The molecule has 0 spiro atoms. The molecule has 0 bridgehead atoms. The molecule has 1 atom stereocenters. The van der Waals surface area contributed by atoms with Gasteiger partial charge in [-0.15, -0.1) is 0 Å². The number of amides is 1. The van der Waals surface area contributed by atoms with E-state index in [-0.39, 0.29) is 16.3 Å². The quantitative estimate of drug-likeness (QED) is 0.901. The standard InChI is InChI=1S/C14H18N4O4S/c1-8-4-5-18-12(6-8)11(7-15-18)14(19)17-23(20,21)13-9(2)16-22-10(13)3/h7-8H,4-6H2,1-3H3,(H,17,19). The predicted molar refractivity (Wildman–Crippen MR) is 80.3 cm³/mol. The number of aryl methyl sites for hydroxylation is 3. The fourth-order valence-electron chi connectivity index (χ4n) is 2.87. The highest BCUT2D eigenvalue weighted by atomic mass is 32.2.